The molecule has 1 saturated carbocycles. The molecule has 3 unspecified atom stereocenters. The van der Waals surface area contributed by atoms with Gasteiger partial charge < -0.3 is 10.4 Å². The van der Waals surface area contributed by atoms with Gasteiger partial charge >= 0.3 is 0 Å². The van der Waals surface area contributed by atoms with Crippen molar-refractivity contribution in [2.24, 2.45) is 11.8 Å². The van der Waals surface area contributed by atoms with E-state index in [1.54, 1.807) is 0 Å². The van der Waals surface area contributed by atoms with Crippen LogP contribution in [0.15, 0.2) is 0 Å². The Hall–Kier alpha value is -0.0800. The van der Waals surface area contributed by atoms with Crippen molar-refractivity contribution in [1.82, 2.24) is 5.32 Å². The number of hydrogen-bond acceptors (Lipinski definition) is 2. The van der Waals surface area contributed by atoms with E-state index in [1.165, 1.54) is 19.3 Å². The Kier molecular flexibility index (Phi) is 4.19. The van der Waals surface area contributed by atoms with Crippen LogP contribution in [-0.4, -0.2) is 22.8 Å². The Bertz CT molecular complexity index is 187. The van der Waals surface area contributed by atoms with Crippen LogP contribution < -0.4 is 5.32 Å². The summed E-state index contributed by atoms with van der Waals surface area (Å²) in [5.41, 5.74) is -0.621. The van der Waals surface area contributed by atoms with Crippen LogP contribution in [0.2, 0.25) is 0 Å². The molecule has 15 heavy (non-hydrogen) atoms. The first-order valence-corrected chi connectivity index (χ1v) is 6.27. The minimum atomic E-state index is -0.621. The second-order valence-electron chi connectivity index (χ2n) is 6.16. The summed E-state index contributed by atoms with van der Waals surface area (Å²) in [6.45, 7) is 10.5. The van der Waals surface area contributed by atoms with Crippen LogP contribution >= 0.6 is 0 Å². The third-order valence-electron chi connectivity index (χ3n) is 3.72. The molecule has 90 valence electrons. The van der Waals surface area contributed by atoms with Gasteiger partial charge in [0, 0.05) is 12.1 Å². The largest absolute Gasteiger partial charge is 0.389 e. The summed E-state index contributed by atoms with van der Waals surface area (Å²) in [5, 5.41) is 13.5. The molecule has 1 fully saturated rings. The number of aliphatic hydroxyl groups is 1. The smallest absolute Gasteiger partial charge is 0.0741 e. The van der Waals surface area contributed by atoms with Gasteiger partial charge in [0.25, 0.3) is 0 Å². The second-order valence-corrected chi connectivity index (χ2v) is 6.16. The van der Waals surface area contributed by atoms with Crippen LogP contribution in [0.3, 0.4) is 0 Å². The lowest BCUT2D eigenvalue weighted by Gasteiger charge is -2.37. The van der Waals surface area contributed by atoms with Crippen LogP contribution in [0.1, 0.15) is 53.9 Å². The predicted octanol–water partition coefficient (Wildman–Crippen LogP) is 2.56. The summed E-state index contributed by atoms with van der Waals surface area (Å²) in [6.07, 6.45) is 3.87. The molecule has 1 rings (SSSR count). The Balaban J connectivity index is 2.44. The molecule has 0 aromatic rings. The van der Waals surface area contributed by atoms with E-state index in [0.717, 1.165) is 11.8 Å². The Morgan fingerprint density at radius 2 is 1.60 bits per heavy atom. The fraction of sp³-hybridized carbons (Fsp3) is 1.00. The van der Waals surface area contributed by atoms with Crippen molar-refractivity contribution in [3.05, 3.63) is 0 Å². The highest BCUT2D eigenvalue weighted by Gasteiger charge is 2.29. The summed E-state index contributed by atoms with van der Waals surface area (Å²) in [7, 11) is 0. The summed E-state index contributed by atoms with van der Waals surface area (Å²) < 4.78 is 0. The van der Waals surface area contributed by atoms with Crippen LogP contribution in [0.25, 0.3) is 0 Å². The number of hydrogen-bond donors (Lipinski definition) is 2. The van der Waals surface area contributed by atoms with Gasteiger partial charge in [0.15, 0.2) is 0 Å². The van der Waals surface area contributed by atoms with E-state index in [0.29, 0.717) is 6.04 Å². The highest BCUT2D eigenvalue weighted by Crippen LogP contribution is 2.29. The monoisotopic (exact) mass is 213 g/mol. The average molecular weight is 213 g/mol. The molecule has 0 radical (unpaired) electrons. The SMILES string of the molecule is CC1CC(C)CC(NC(C)C(C)(C)O)C1. The molecule has 0 aromatic carbocycles. The topological polar surface area (TPSA) is 32.3 Å². The molecule has 2 heteroatoms. The zero-order chi connectivity index (χ0) is 11.6. The quantitative estimate of drug-likeness (QED) is 0.755. The molecule has 0 bridgehead atoms. The van der Waals surface area contributed by atoms with E-state index >= 15 is 0 Å². The third-order valence-corrected chi connectivity index (χ3v) is 3.72. The van der Waals surface area contributed by atoms with E-state index in [9.17, 15) is 5.11 Å². The van der Waals surface area contributed by atoms with Crippen LogP contribution in [0.4, 0.5) is 0 Å². The molecule has 0 heterocycles. The maximum Gasteiger partial charge on any atom is 0.0741 e. The van der Waals surface area contributed by atoms with Crippen LogP contribution in [0, 0.1) is 11.8 Å². The van der Waals surface area contributed by atoms with Gasteiger partial charge in [0.2, 0.25) is 0 Å². The molecule has 1 aliphatic rings. The fourth-order valence-electron chi connectivity index (χ4n) is 2.64. The molecule has 0 aliphatic heterocycles. The molecule has 1 aliphatic carbocycles. The van der Waals surface area contributed by atoms with Crippen LogP contribution in [0.5, 0.6) is 0 Å². The summed E-state index contributed by atoms with van der Waals surface area (Å²) in [6, 6.07) is 0.755. The van der Waals surface area contributed by atoms with E-state index in [2.05, 4.69) is 26.1 Å². The molecule has 3 atom stereocenters. The molecular weight excluding hydrogens is 186 g/mol. The molecule has 0 saturated heterocycles. The standard InChI is InChI=1S/C13H27NO/c1-9-6-10(2)8-12(7-9)14-11(3)13(4,5)15/h9-12,14-15H,6-8H2,1-5H3. The molecule has 0 aromatic heterocycles. The predicted molar refractivity (Wildman–Crippen MR) is 64.9 cm³/mol. The highest BCUT2D eigenvalue weighted by molar-refractivity contribution is 4.86. The Morgan fingerprint density at radius 1 is 1.13 bits per heavy atom. The van der Waals surface area contributed by atoms with Crippen molar-refractivity contribution < 1.29 is 5.11 Å². The first kappa shape index (κ1) is 13.0. The van der Waals surface area contributed by atoms with E-state index < -0.39 is 5.60 Å². The van der Waals surface area contributed by atoms with Gasteiger partial charge in [-0.3, -0.25) is 0 Å². The molecule has 2 N–H and O–H groups in total. The lowest BCUT2D eigenvalue weighted by atomic mass is 9.80. The number of nitrogens with one attached hydrogen (secondary N) is 1. The van der Waals surface area contributed by atoms with Crippen molar-refractivity contribution in [2.75, 3.05) is 0 Å². The van der Waals surface area contributed by atoms with Crippen molar-refractivity contribution >= 4 is 0 Å². The van der Waals surface area contributed by atoms with E-state index in [-0.39, 0.29) is 6.04 Å². The van der Waals surface area contributed by atoms with Gasteiger partial charge in [-0.1, -0.05) is 13.8 Å². The van der Waals surface area contributed by atoms with E-state index in [4.69, 9.17) is 0 Å². The van der Waals surface area contributed by atoms with Gasteiger partial charge in [0.05, 0.1) is 5.60 Å². The maximum atomic E-state index is 9.89. The summed E-state index contributed by atoms with van der Waals surface area (Å²) in [5.74, 6) is 1.64. The van der Waals surface area contributed by atoms with Gasteiger partial charge in [-0.05, 0) is 51.9 Å². The normalized spacial score (nSPS) is 35.2. The minimum Gasteiger partial charge on any atom is -0.389 e. The second kappa shape index (κ2) is 4.84. The highest BCUT2D eigenvalue weighted by atomic mass is 16.3. The molecule has 0 spiro atoms. The van der Waals surface area contributed by atoms with Crippen molar-refractivity contribution in [3.63, 3.8) is 0 Å². The molecule has 0 amide bonds. The van der Waals surface area contributed by atoms with Gasteiger partial charge in [-0.15, -0.1) is 0 Å². The summed E-state index contributed by atoms with van der Waals surface area (Å²) >= 11 is 0. The average Bonchev–Trinajstić information content (AvgIpc) is 1.99. The van der Waals surface area contributed by atoms with E-state index in [1.807, 2.05) is 13.8 Å². The van der Waals surface area contributed by atoms with Gasteiger partial charge in [-0.2, -0.15) is 0 Å². The Labute approximate surface area is 94.5 Å². The van der Waals surface area contributed by atoms with Crippen LogP contribution in [-0.2, 0) is 0 Å². The zero-order valence-corrected chi connectivity index (χ0v) is 10.9. The van der Waals surface area contributed by atoms with Crippen molar-refractivity contribution in [3.8, 4) is 0 Å². The first-order valence-electron chi connectivity index (χ1n) is 6.27. The molecular formula is C13H27NO. The lowest BCUT2D eigenvalue weighted by molar-refractivity contribution is 0.0346. The van der Waals surface area contributed by atoms with Crippen molar-refractivity contribution in [2.45, 2.75) is 71.6 Å². The van der Waals surface area contributed by atoms with Gasteiger partial charge in [0.1, 0.15) is 0 Å². The zero-order valence-electron chi connectivity index (χ0n) is 10.9. The fourth-order valence-corrected chi connectivity index (χ4v) is 2.64. The third kappa shape index (κ3) is 4.12. The lowest BCUT2D eigenvalue weighted by Crippen LogP contribution is -2.50. The first-order chi connectivity index (χ1) is 6.79. The molecule has 2 nitrogen and oxygen atoms in total. The Morgan fingerprint density at radius 3 is 2.00 bits per heavy atom. The van der Waals surface area contributed by atoms with Gasteiger partial charge in [-0.25, -0.2) is 0 Å². The number of rotatable bonds is 3. The van der Waals surface area contributed by atoms with Crippen molar-refractivity contribution in [1.29, 1.82) is 0 Å². The maximum absolute atomic E-state index is 9.89. The minimum absolute atomic E-state index is 0.167. The summed E-state index contributed by atoms with van der Waals surface area (Å²) in [4.78, 5) is 0.